The van der Waals surface area contributed by atoms with E-state index in [1.807, 2.05) is 13.8 Å². The normalized spacial score (nSPS) is 10.8. The predicted octanol–water partition coefficient (Wildman–Crippen LogP) is 2.96. The van der Waals surface area contributed by atoms with Crippen molar-refractivity contribution in [3.8, 4) is 0 Å². The van der Waals surface area contributed by atoms with Gasteiger partial charge >= 0.3 is 0 Å². The predicted molar refractivity (Wildman–Crippen MR) is 64.3 cm³/mol. The van der Waals surface area contributed by atoms with E-state index in [1.54, 1.807) is 17.1 Å². The number of hydrogen-bond donors (Lipinski definition) is 1. The highest BCUT2D eigenvalue weighted by molar-refractivity contribution is 6.32. The lowest BCUT2D eigenvalue weighted by Crippen LogP contribution is -2.10. The van der Waals surface area contributed by atoms with Crippen LogP contribution >= 0.6 is 11.6 Å². The summed E-state index contributed by atoms with van der Waals surface area (Å²) >= 11 is 5.71. The molecule has 0 saturated heterocycles. The number of furan rings is 1. The minimum atomic E-state index is -0.313. The van der Waals surface area contributed by atoms with Crippen molar-refractivity contribution in [2.45, 2.75) is 19.9 Å². The highest BCUT2D eigenvalue weighted by atomic mass is 35.5. The smallest absolute Gasteiger partial charge is 0.260 e. The number of anilines is 1. The Balaban J connectivity index is 2.11. The van der Waals surface area contributed by atoms with Crippen LogP contribution in [-0.4, -0.2) is 15.7 Å². The van der Waals surface area contributed by atoms with Crippen molar-refractivity contribution in [3.63, 3.8) is 0 Å². The van der Waals surface area contributed by atoms with Gasteiger partial charge in [0, 0.05) is 12.2 Å². The van der Waals surface area contributed by atoms with E-state index >= 15 is 0 Å². The van der Waals surface area contributed by atoms with Crippen molar-refractivity contribution in [3.05, 3.63) is 35.5 Å². The summed E-state index contributed by atoms with van der Waals surface area (Å²) < 4.78 is 6.61. The SMILES string of the molecule is CC(C)n1cc(NC(=O)c2ccoc2Cl)cn1. The van der Waals surface area contributed by atoms with Crippen molar-refractivity contribution in [2.75, 3.05) is 5.32 Å². The first-order valence-electron chi connectivity index (χ1n) is 5.16. The van der Waals surface area contributed by atoms with Gasteiger partial charge in [-0.25, -0.2) is 0 Å². The average Bonchev–Trinajstić information content (AvgIpc) is 2.86. The molecule has 2 aromatic rings. The topological polar surface area (TPSA) is 60.1 Å². The zero-order chi connectivity index (χ0) is 12.4. The number of carbonyl (C=O) groups excluding carboxylic acids is 1. The van der Waals surface area contributed by atoms with E-state index < -0.39 is 0 Å². The molecule has 90 valence electrons. The first-order valence-corrected chi connectivity index (χ1v) is 5.54. The molecule has 0 fully saturated rings. The third-order valence-corrected chi connectivity index (χ3v) is 2.54. The van der Waals surface area contributed by atoms with E-state index in [1.165, 1.54) is 12.3 Å². The van der Waals surface area contributed by atoms with E-state index in [0.29, 0.717) is 11.3 Å². The minimum absolute atomic E-state index is 0.0822. The van der Waals surface area contributed by atoms with Gasteiger partial charge < -0.3 is 9.73 Å². The number of rotatable bonds is 3. The van der Waals surface area contributed by atoms with Crippen LogP contribution in [0.1, 0.15) is 30.2 Å². The van der Waals surface area contributed by atoms with Crippen molar-refractivity contribution in [2.24, 2.45) is 0 Å². The molecular weight excluding hydrogens is 242 g/mol. The number of halogens is 1. The molecule has 0 atom stereocenters. The van der Waals surface area contributed by atoms with Crippen LogP contribution in [0.4, 0.5) is 5.69 Å². The summed E-state index contributed by atoms with van der Waals surface area (Å²) in [5, 5.41) is 6.89. The van der Waals surface area contributed by atoms with Gasteiger partial charge in [-0.3, -0.25) is 9.48 Å². The maximum Gasteiger partial charge on any atom is 0.260 e. The summed E-state index contributed by atoms with van der Waals surface area (Å²) in [6, 6.07) is 1.77. The van der Waals surface area contributed by atoms with Crippen LogP contribution in [0.5, 0.6) is 0 Å². The van der Waals surface area contributed by atoms with E-state index in [9.17, 15) is 4.79 Å². The molecule has 0 saturated carbocycles. The van der Waals surface area contributed by atoms with Crippen LogP contribution in [0.2, 0.25) is 5.22 Å². The number of nitrogens with one attached hydrogen (secondary N) is 1. The van der Waals surface area contributed by atoms with Crippen LogP contribution in [0.25, 0.3) is 0 Å². The fraction of sp³-hybridized carbons (Fsp3) is 0.273. The molecule has 0 aliphatic rings. The minimum Gasteiger partial charge on any atom is -0.452 e. The third kappa shape index (κ3) is 2.50. The summed E-state index contributed by atoms with van der Waals surface area (Å²) in [7, 11) is 0. The molecule has 2 rings (SSSR count). The van der Waals surface area contributed by atoms with Gasteiger partial charge in [-0.2, -0.15) is 5.10 Å². The van der Waals surface area contributed by atoms with Gasteiger partial charge in [-0.15, -0.1) is 0 Å². The molecule has 0 aliphatic carbocycles. The summed E-state index contributed by atoms with van der Waals surface area (Å²) in [5.74, 6) is -0.313. The van der Waals surface area contributed by atoms with Crippen LogP contribution < -0.4 is 5.32 Å². The summed E-state index contributed by atoms with van der Waals surface area (Å²) in [6.45, 7) is 4.01. The summed E-state index contributed by atoms with van der Waals surface area (Å²) in [4.78, 5) is 11.8. The first kappa shape index (κ1) is 11.7. The van der Waals surface area contributed by atoms with E-state index in [2.05, 4.69) is 10.4 Å². The van der Waals surface area contributed by atoms with Gasteiger partial charge in [0.05, 0.1) is 23.7 Å². The molecule has 5 nitrogen and oxygen atoms in total. The molecule has 0 radical (unpaired) electrons. The highest BCUT2D eigenvalue weighted by Crippen LogP contribution is 2.18. The lowest BCUT2D eigenvalue weighted by Gasteiger charge is -2.03. The fourth-order valence-corrected chi connectivity index (χ4v) is 1.54. The van der Waals surface area contributed by atoms with Crippen molar-refractivity contribution >= 4 is 23.2 Å². The number of nitrogens with zero attached hydrogens (tertiary/aromatic N) is 2. The van der Waals surface area contributed by atoms with Gasteiger partial charge in [0.25, 0.3) is 5.91 Å². The van der Waals surface area contributed by atoms with Crippen molar-refractivity contribution in [1.29, 1.82) is 0 Å². The quantitative estimate of drug-likeness (QED) is 0.915. The van der Waals surface area contributed by atoms with Gasteiger partial charge in [0.2, 0.25) is 5.22 Å². The molecule has 2 aromatic heterocycles. The zero-order valence-electron chi connectivity index (χ0n) is 9.48. The Morgan fingerprint density at radius 1 is 1.59 bits per heavy atom. The van der Waals surface area contributed by atoms with E-state index in [4.69, 9.17) is 16.0 Å². The van der Waals surface area contributed by atoms with E-state index in [0.717, 1.165) is 0 Å². The third-order valence-electron chi connectivity index (χ3n) is 2.25. The Morgan fingerprint density at radius 2 is 2.35 bits per heavy atom. The van der Waals surface area contributed by atoms with Crippen LogP contribution in [0, 0.1) is 0 Å². The Morgan fingerprint density at radius 3 is 2.88 bits per heavy atom. The molecule has 6 heteroatoms. The second kappa shape index (κ2) is 4.63. The largest absolute Gasteiger partial charge is 0.452 e. The maximum absolute atomic E-state index is 11.8. The van der Waals surface area contributed by atoms with Crippen molar-refractivity contribution in [1.82, 2.24) is 9.78 Å². The van der Waals surface area contributed by atoms with Crippen LogP contribution in [-0.2, 0) is 0 Å². The lowest BCUT2D eigenvalue weighted by atomic mass is 10.3. The number of amides is 1. The molecule has 0 aliphatic heterocycles. The molecule has 0 bridgehead atoms. The molecule has 0 aromatic carbocycles. The molecule has 1 N–H and O–H groups in total. The molecule has 2 heterocycles. The molecular formula is C11H12ClN3O2. The maximum atomic E-state index is 11.8. The Hall–Kier alpha value is -1.75. The summed E-state index contributed by atoms with van der Waals surface area (Å²) in [6.07, 6.45) is 4.72. The van der Waals surface area contributed by atoms with E-state index in [-0.39, 0.29) is 17.2 Å². The van der Waals surface area contributed by atoms with Gasteiger partial charge in [0.1, 0.15) is 0 Å². The highest BCUT2D eigenvalue weighted by Gasteiger charge is 2.14. The monoisotopic (exact) mass is 253 g/mol. The number of carbonyl (C=O) groups is 1. The summed E-state index contributed by atoms with van der Waals surface area (Å²) in [5.41, 5.74) is 0.935. The van der Waals surface area contributed by atoms with Gasteiger partial charge in [0.15, 0.2) is 0 Å². The van der Waals surface area contributed by atoms with Crippen molar-refractivity contribution < 1.29 is 9.21 Å². The second-order valence-corrected chi connectivity index (χ2v) is 4.21. The standard InChI is InChI=1S/C11H12ClN3O2/c1-7(2)15-6-8(5-13-15)14-11(16)9-3-4-17-10(9)12/h3-7H,1-2H3,(H,14,16). The van der Waals surface area contributed by atoms with Crippen LogP contribution in [0.3, 0.4) is 0 Å². The molecule has 0 unspecified atom stereocenters. The Kier molecular flexibility index (Phi) is 3.19. The van der Waals surface area contributed by atoms with Gasteiger partial charge in [-0.05, 0) is 31.5 Å². The number of aromatic nitrogens is 2. The Bertz CT molecular complexity index is 530. The average molecular weight is 254 g/mol. The van der Waals surface area contributed by atoms with Crippen LogP contribution in [0.15, 0.2) is 29.1 Å². The first-order chi connectivity index (χ1) is 8.08. The Labute approximate surface area is 103 Å². The van der Waals surface area contributed by atoms with Gasteiger partial charge in [-0.1, -0.05) is 0 Å². The second-order valence-electron chi connectivity index (χ2n) is 3.86. The molecule has 1 amide bonds. The molecule has 0 spiro atoms. The molecule has 17 heavy (non-hydrogen) atoms. The zero-order valence-corrected chi connectivity index (χ0v) is 10.2. The number of hydrogen-bond acceptors (Lipinski definition) is 3. The lowest BCUT2D eigenvalue weighted by molar-refractivity contribution is 0.102. The fourth-order valence-electron chi connectivity index (χ4n) is 1.34.